The van der Waals surface area contributed by atoms with Gasteiger partial charge in [-0.3, -0.25) is 0 Å². The maximum Gasteiger partial charge on any atom is 0.115 e. The minimum atomic E-state index is 0.0185. The van der Waals surface area contributed by atoms with E-state index < -0.39 is 0 Å². The highest BCUT2D eigenvalue weighted by molar-refractivity contribution is 9.09. The summed E-state index contributed by atoms with van der Waals surface area (Å²) in [6, 6.07) is 48.9. The van der Waals surface area contributed by atoms with Crippen molar-refractivity contribution in [1.82, 2.24) is 0 Å². The van der Waals surface area contributed by atoms with Gasteiger partial charge in [0.25, 0.3) is 0 Å². The number of allylic oxidation sites excluding steroid dienone is 1. The summed E-state index contributed by atoms with van der Waals surface area (Å²) in [4.78, 5) is 0. The SMILES string of the molecule is OCC/C(=C(/c1ccccc1)c1ccc(O)cc1)c1ccc(O)cc1.Oc1ccc(/C(CCBr)=C(\c2ccccc2)c2ccc(O)cc2)cc1. The lowest BCUT2D eigenvalue weighted by molar-refractivity contribution is 0.305. The second-order valence-corrected chi connectivity index (χ2v) is 12.3. The maximum atomic E-state index is 9.65. The van der Waals surface area contributed by atoms with Crippen molar-refractivity contribution in [3.63, 3.8) is 0 Å². The van der Waals surface area contributed by atoms with Gasteiger partial charge in [-0.05, 0) is 117 Å². The molecule has 0 amide bonds. The van der Waals surface area contributed by atoms with Gasteiger partial charge in [-0.15, -0.1) is 0 Å². The van der Waals surface area contributed by atoms with Crippen LogP contribution in [0.25, 0.3) is 22.3 Å². The first kappa shape index (κ1) is 35.7. The van der Waals surface area contributed by atoms with Gasteiger partial charge in [0.05, 0.1) is 0 Å². The number of halogens is 1. The average Bonchev–Trinajstić information content (AvgIpc) is 3.15. The molecule has 0 saturated carbocycles. The van der Waals surface area contributed by atoms with Crippen LogP contribution in [0.2, 0.25) is 0 Å². The minimum Gasteiger partial charge on any atom is -0.508 e. The molecule has 0 spiro atoms. The Morgan fingerprint density at radius 2 is 0.640 bits per heavy atom. The van der Waals surface area contributed by atoms with Gasteiger partial charge in [-0.1, -0.05) is 125 Å². The third-order valence-electron chi connectivity index (χ3n) is 8.18. The zero-order valence-corrected chi connectivity index (χ0v) is 29.0. The van der Waals surface area contributed by atoms with Crippen molar-refractivity contribution in [2.75, 3.05) is 11.9 Å². The summed E-state index contributed by atoms with van der Waals surface area (Å²) in [7, 11) is 0. The molecule has 0 aliphatic heterocycles. The number of alkyl halides is 1. The van der Waals surface area contributed by atoms with Gasteiger partial charge in [-0.2, -0.15) is 0 Å². The predicted octanol–water partition coefficient (Wildman–Crippen LogP) is 10.3. The van der Waals surface area contributed by atoms with Crippen LogP contribution in [0.4, 0.5) is 0 Å². The molecule has 0 aliphatic carbocycles. The van der Waals surface area contributed by atoms with Crippen LogP contribution < -0.4 is 0 Å². The fraction of sp³-hybridized carbons (Fsp3) is 0.0909. The van der Waals surface area contributed by atoms with Gasteiger partial charge < -0.3 is 25.5 Å². The molecule has 0 aliphatic rings. The molecular weight excluding hydrogens is 688 g/mol. The lowest BCUT2D eigenvalue weighted by atomic mass is 9.88. The zero-order chi connectivity index (χ0) is 35.3. The maximum absolute atomic E-state index is 9.65. The Morgan fingerprint density at radius 3 is 0.940 bits per heavy atom. The largest absolute Gasteiger partial charge is 0.508 e. The van der Waals surface area contributed by atoms with E-state index in [1.165, 1.54) is 5.57 Å². The van der Waals surface area contributed by atoms with Crippen molar-refractivity contribution < 1.29 is 25.5 Å². The molecule has 0 fully saturated rings. The van der Waals surface area contributed by atoms with E-state index >= 15 is 0 Å². The monoisotopic (exact) mass is 726 g/mol. The Kier molecular flexibility index (Phi) is 12.7. The molecule has 6 rings (SSSR count). The number of aromatic hydroxyl groups is 4. The molecule has 0 unspecified atom stereocenters. The van der Waals surface area contributed by atoms with Gasteiger partial charge in [0.1, 0.15) is 23.0 Å². The first-order valence-electron chi connectivity index (χ1n) is 16.3. The molecule has 5 N–H and O–H groups in total. The molecule has 0 atom stereocenters. The summed E-state index contributed by atoms with van der Waals surface area (Å²) in [5.74, 6) is 0.929. The summed E-state index contributed by atoms with van der Waals surface area (Å²) < 4.78 is 0. The lowest BCUT2D eigenvalue weighted by Gasteiger charge is -2.17. The summed E-state index contributed by atoms with van der Waals surface area (Å²) in [6.45, 7) is 0.0185. The summed E-state index contributed by atoms with van der Waals surface area (Å²) in [5, 5.41) is 48.9. The highest BCUT2D eigenvalue weighted by atomic mass is 79.9. The molecule has 252 valence electrons. The first-order chi connectivity index (χ1) is 24.4. The van der Waals surface area contributed by atoms with E-state index in [2.05, 4.69) is 28.1 Å². The van der Waals surface area contributed by atoms with E-state index in [0.29, 0.717) is 6.42 Å². The molecule has 6 aromatic rings. The van der Waals surface area contributed by atoms with Crippen LogP contribution in [0, 0.1) is 0 Å². The molecule has 5 nitrogen and oxygen atoms in total. The van der Waals surface area contributed by atoms with Gasteiger partial charge in [0.2, 0.25) is 0 Å². The fourth-order valence-electron chi connectivity index (χ4n) is 5.85. The Hall–Kier alpha value is -5.56. The number of benzene rings is 6. The number of hydrogen-bond donors (Lipinski definition) is 5. The highest BCUT2D eigenvalue weighted by Crippen LogP contribution is 2.37. The number of phenolic OH excluding ortho intramolecular Hbond substituents is 4. The summed E-state index contributed by atoms with van der Waals surface area (Å²) >= 11 is 3.56. The number of phenols is 4. The standard InChI is InChI=1S/C22H19BrO2.C22H20O3/c2*23-15-14-21(16-6-10-19(24)11-7-16)22(17-4-2-1-3-5-17)18-8-12-20(25)13-9-18/h1-13,24-25H,14-15H2;1-13,23-25H,14-15H2/b2*22-21+. The van der Waals surface area contributed by atoms with Crippen molar-refractivity contribution in [2.45, 2.75) is 12.8 Å². The molecule has 6 aromatic carbocycles. The first-order valence-corrected chi connectivity index (χ1v) is 17.4. The average molecular weight is 728 g/mol. The van der Waals surface area contributed by atoms with Crippen molar-refractivity contribution >= 4 is 38.2 Å². The highest BCUT2D eigenvalue weighted by Gasteiger charge is 2.15. The van der Waals surface area contributed by atoms with Crippen LogP contribution in [0.1, 0.15) is 46.2 Å². The molecular formula is C44H39BrO5. The van der Waals surface area contributed by atoms with E-state index in [4.69, 9.17) is 0 Å². The van der Waals surface area contributed by atoms with E-state index in [0.717, 1.165) is 61.9 Å². The van der Waals surface area contributed by atoms with E-state index in [9.17, 15) is 25.5 Å². The van der Waals surface area contributed by atoms with Gasteiger partial charge in [0.15, 0.2) is 0 Å². The van der Waals surface area contributed by atoms with Crippen molar-refractivity contribution in [3.8, 4) is 23.0 Å². The quantitative estimate of drug-likeness (QED) is 0.0715. The van der Waals surface area contributed by atoms with Crippen LogP contribution in [0.5, 0.6) is 23.0 Å². The van der Waals surface area contributed by atoms with Crippen LogP contribution in [-0.2, 0) is 0 Å². The molecule has 0 heterocycles. The Bertz CT molecular complexity index is 1850. The lowest BCUT2D eigenvalue weighted by Crippen LogP contribution is -1.97. The summed E-state index contributed by atoms with van der Waals surface area (Å²) in [6.07, 6.45) is 1.33. The van der Waals surface area contributed by atoms with Crippen LogP contribution >= 0.6 is 15.9 Å². The van der Waals surface area contributed by atoms with Gasteiger partial charge in [0, 0.05) is 11.9 Å². The fourth-order valence-corrected chi connectivity index (χ4v) is 6.25. The second kappa shape index (κ2) is 17.7. The Labute approximate surface area is 301 Å². The van der Waals surface area contributed by atoms with Crippen molar-refractivity contribution in [1.29, 1.82) is 0 Å². The molecule has 0 bridgehead atoms. The molecule has 0 radical (unpaired) electrons. The normalized spacial score (nSPS) is 11.9. The number of rotatable bonds is 10. The zero-order valence-electron chi connectivity index (χ0n) is 27.5. The van der Waals surface area contributed by atoms with Crippen molar-refractivity contribution in [2.24, 2.45) is 0 Å². The molecule has 50 heavy (non-hydrogen) atoms. The number of aliphatic hydroxyl groups excluding tert-OH is 1. The number of hydrogen-bond acceptors (Lipinski definition) is 5. The Morgan fingerprint density at radius 1 is 0.360 bits per heavy atom. The van der Waals surface area contributed by atoms with Gasteiger partial charge in [-0.25, -0.2) is 0 Å². The third-order valence-corrected chi connectivity index (χ3v) is 8.57. The van der Waals surface area contributed by atoms with Gasteiger partial charge >= 0.3 is 0 Å². The number of aliphatic hydroxyl groups is 1. The van der Waals surface area contributed by atoms with E-state index in [1.54, 1.807) is 48.5 Å². The summed E-state index contributed by atoms with van der Waals surface area (Å²) in [5.41, 5.74) is 10.5. The minimum absolute atomic E-state index is 0.0185. The van der Waals surface area contributed by atoms with E-state index in [1.807, 2.05) is 97.1 Å². The Balaban J connectivity index is 0.000000194. The molecule has 0 aromatic heterocycles. The smallest absolute Gasteiger partial charge is 0.115 e. The van der Waals surface area contributed by atoms with Crippen LogP contribution in [0.3, 0.4) is 0 Å². The van der Waals surface area contributed by atoms with Crippen molar-refractivity contribution in [3.05, 3.63) is 191 Å². The third kappa shape index (κ3) is 9.32. The molecule has 6 heteroatoms. The second-order valence-electron chi connectivity index (χ2n) is 11.5. The predicted molar refractivity (Wildman–Crippen MR) is 207 cm³/mol. The molecule has 0 saturated heterocycles. The van der Waals surface area contributed by atoms with E-state index in [-0.39, 0.29) is 29.6 Å². The topological polar surface area (TPSA) is 101 Å². The van der Waals surface area contributed by atoms with Crippen LogP contribution in [0.15, 0.2) is 158 Å². The van der Waals surface area contributed by atoms with Crippen LogP contribution in [-0.4, -0.2) is 37.5 Å².